The molecule has 1 amide bonds. The molecule has 0 aliphatic heterocycles. The van der Waals surface area contributed by atoms with Gasteiger partial charge in [-0.3, -0.25) is 9.59 Å². The molecule has 96 valence electrons. The van der Waals surface area contributed by atoms with Crippen molar-refractivity contribution in [1.29, 1.82) is 0 Å². The van der Waals surface area contributed by atoms with Gasteiger partial charge in [-0.25, -0.2) is 0 Å². The number of carbonyl (C=O) groups excluding carboxylic acids is 1. The van der Waals surface area contributed by atoms with Gasteiger partial charge in [0.15, 0.2) is 0 Å². The second-order valence-electron chi connectivity index (χ2n) is 5.21. The Labute approximate surface area is 101 Å². The van der Waals surface area contributed by atoms with Crippen LogP contribution in [0.2, 0.25) is 0 Å². The van der Waals surface area contributed by atoms with Crippen molar-refractivity contribution in [2.45, 2.75) is 38.1 Å². The van der Waals surface area contributed by atoms with Gasteiger partial charge in [0.2, 0.25) is 5.91 Å². The molecule has 2 aliphatic carbocycles. The van der Waals surface area contributed by atoms with Gasteiger partial charge in [0.05, 0.1) is 0 Å². The molecule has 0 bridgehead atoms. The molecular weight excluding hydrogens is 220 g/mol. The quantitative estimate of drug-likeness (QED) is 0.661. The van der Waals surface area contributed by atoms with Gasteiger partial charge in [-0.1, -0.05) is 6.42 Å². The summed E-state index contributed by atoms with van der Waals surface area (Å²) in [5, 5.41) is 11.8. The molecule has 0 aromatic rings. The Morgan fingerprint density at radius 2 is 2.06 bits per heavy atom. The Hall–Kier alpha value is -1.10. The zero-order chi connectivity index (χ0) is 12.5. The topological polar surface area (TPSA) is 69.6 Å². The van der Waals surface area contributed by atoms with Crippen LogP contribution in [0.25, 0.3) is 0 Å². The zero-order valence-corrected chi connectivity index (χ0v) is 10.2. The average molecular weight is 240 g/mol. The van der Waals surface area contributed by atoms with Gasteiger partial charge in [0, 0.05) is 19.1 Å². The van der Waals surface area contributed by atoms with Gasteiger partial charge in [-0.05, 0) is 32.7 Å². The first-order valence-corrected chi connectivity index (χ1v) is 6.28. The van der Waals surface area contributed by atoms with E-state index in [1.165, 1.54) is 12.8 Å². The maximum absolute atomic E-state index is 11.8. The highest BCUT2D eigenvalue weighted by Gasteiger charge is 2.50. The molecule has 2 aliphatic rings. The standard InChI is InChI=1S/C12H20N2O3/c1-14(9-3-4-9)8-7-13-10(15)12(11(16)17)5-2-6-12/h9H,2-8H2,1H3,(H,13,15)(H,16,17). The minimum atomic E-state index is -1.13. The Balaban J connectivity index is 1.74. The number of likely N-dealkylation sites (N-methyl/N-ethyl adjacent to an activating group) is 1. The molecule has 5 nitrogen and oxygen atoms in total. The SMILES string of the molecule is CN(CCNC(=O)C1(C(=O)O)CCC1)C1CC1. The fraction of sp³-hybridized carbons (Fsp3) is 0.833. The highest BCUT2D eigenvalue weighted by Crippen LogP contribution is 2.41. The molecule has 0 saturated heterocycles. The second kappa shape index (κ2) is 4.64. The number of hydrogen-bond donors (Lipinski definition) is 2. The van der Waals surface area contributed by atoms with Crippen LogP contribution in [0, 0.1) is 5.41 Å². The van der Waals surface area contributed by atoms with Crippen LogP contribution in [-0.2, 0) is 9.59 Å². The number of nitrogens with one attached hydrogen (secondary N) is 1. The third-order valence-corrected chi connectivity index (χ3v) is 3.97. The lowest BCUT2D eigenvalue weighted by Crippen LogP contribution is -2.52. The summed E-state index contributed by atoms with van der Waals surface area (Å²) in [5.41, 5.74) is -1.13. The molecule has 0 atom stereocenters. The molecule has 0 unspecified atom stereocenters. The lowest BCUT2D eigenvalue weighted by atomic mass is 9.68. The van der Waals surface area contributed by atoms with Crippen LogP contribution in [0.3, 0.4) is 0 Å². The van der Waals surface area contributed by atoms with Crippen molar-refractivity contribution in [3.8, 4) is 0 Å². The van der Waals surface area contributed by atoms with E-state index in [9.17, 15) is 9.59 Å². The molecule has 0 radical (unpaired) electrons. The largest absolute Gasteiger partial charge is 0.480 e. The molecule has 0 heterocycles. The average Bonchev–Trinajstić information content (AvgIpc) is 2.97. The van der Waals surface area contributed by atoms with E-state index in [1.54, 1.807) is 0 Å². The zero-order valence-electron chi connectivity index (χ0n) is 10.2. The van der Waals surface area contributed by atoms with E-state index in [2.05, 4.69) is 10.2 Å². The molecule has 2 fully saturated rings. The molecule has 0 aromatic heterocycles. The van der Waals surface area contributed by atoms with Gasteiger partial charge in [0.1, 0.15) is 5.41 Å². The molecule has 2 saturated carbocycles. The monoisotopic (exact) mass is 240 g/mol. The van der Waals surface area contributed by atoms with Crippen molar-refractivity contribution in [3.05, 3.63) is 0 Å². The van der Waals surface area contributed by atoms with Crippen LogP contribution < -0.4 is 5.32 Å². The first-order valence-electron chi connectivity index (χ1n) is 6.28. The van der Waals surface area contributed by atoms with Gasteiger partial charge >= 0.3 is 5.97 Å². The lowest BCUT2D eigenvalue weighted by Gasteiger charge is -2.35. The Morgan fingerprint density at radius 3 is 2.47 bits per heavy atom. The van der Waals surface area contributed by atoms with Gasteiger partial charge in [-0.15, -0.1) is 0 Å². The Morgan fingerprint density at radius 1 is 1.41 bits per heavy atom. The predicted molar refractivity (Wildman–Crippen MR) is 62.6 cm³/mol. The van der Waals surface area contributed by atoms with Crippen molar-refractivity contribution in [2.24, 2.45) is 5.41 Å². The van der Waals surface area contributed by atoms with Crippen molar-refractivity contribution in [3.63, 3.8) is 0 Å². The van der Waals surface area contributed by atoms with E-state index in [1.807, 2.05) is 7.05 Å². The van der Waals surface area contributed by atoms with Crippen molar-refractivity contribution < 1.29 is 14.7 Å². The second-order valence-corrected chi connectivity index (χ2v) is 5.21. The van der Waals surface area contributed by atoms with Gasteiger partial charge < -0.3 is 15.3 Å². The maximum Gasteiger partial charge on any atom is 0.319 e. The predicted octanol–water partition coefficient (Wildman–Crippen LogP) is 0.452. The molecule has 17 heavy (non-hydrogen) atoms. The van der Waals surface area contributed by atoms with Crippen LogP contribution in [0.15, 0.2) is 0 Å². The van der Waals surface area contributed by atoms with Gasteiger partial charge in [-0.2, -0.15) is 0 Å². The molecule has 2 N–H and O–H groups in total. The van der Waals surface area contributed by atoms with E-state index in [-0.39, 0.29) is 5.91 Å². The fourth-order valence-electron chi connectivity index (χ4n) is 2.28. The summed E-state index contributed by atoms with van der Waals surface area (Å²) in [4.78, 5) is 25.2. The number of aliphatic carboxylic acids is 1. The smallest absolute Gasteiger partial charge is 0.319 e. The highest BCUT2D eigenvalue weighted by molar-refractivity contribution is 6.02. The third kappa shape index (κ3) is 2.44. The maximum atomic E-state index is 11.8. The minimum absolute atomic E-state index is 0.305. The summed E-state index contributed by atoms with van der Waals surface area (Å²) in [6.07, 6.45) is 4.27. The third-order valence-electron chi connectivity index (χ3n) is 3.97. The van der Waals surface area contributed by atoms with Crippen LogP contribution >= 0.6 is 0 Å². The number of nitrogens with zero attached hydrogens (tertiary/aromatic N) is 1. The number of carboxylic acids is 1. The first-order chi connectivity index (χ1) is 8.06. The number of carboxylic acid groups (broad SMARTS) is 1. The number of carbonyl (C=O) groups is 2. The number of rotatable bonds is 6. The van der Waals surface area contributed by atoms with E-state index >= 15 is 0 Å². The Kier molecular flexibility index (Phi) is 3.38. The molecule has 0 aromatic carbocycles. The van der Waals surface area contributed by atoms with Crippen molar-refractivity contribution >= 4 is 11.9 Å². The van der Waals surface area contributed by atoms with E-state index < -0.39 is 11.4 Å². The Bertz CT molecular complexity index is 322. The molecule has 5 heteroatoms. The van der Waals surface area contributed by atoms with Crippen LogP contribution in [0.1, 0.15) is 32.1 Å². The van der Waals surface area contributed by atoms with E-state index in [4.69, 9.17) is 5.11 Å². The first kappa shape index (κ1) is 12.4. The van der Waals surface area contributed by atoms with E-state index in [0.29, 0.717) is 25.4 Å². The van der Waals surface area contributed by atoms with Gasteiger partial charge in [0.25, 0.3) is 0 Å². The van der Waals surface area contributed by atoms with E-state index in [0.717, 1.165) is 13.0 Å². The molecular formula is C12H20N2O3. The minimum Gasteiger partial charge on any atom is -0.480 e. The normalized spacial score (nSPS) is 22.0. The summed E-state index contributed by atoms with van der Waals surface area (Å²) >= 11 is 0. The van der Waals surface area contributed by atoms with Crippen LogP contribution in [0.5, 0.6) is 0 Å². The summed E-state index contributed by atoms with van der Waals surface area (Å²) in [5.74, 6) is -1.28. The summed E-state index contributed by atoms with van der Waals surface area (Å²) in [6.45, 7) is 1.34. The summed E-state index contributed by atoms with van der Waals surface area (Å²) in [6, 6.07) is 0.670. The molecule has 2 rings (SSSR count). The summed E-state index contributed by atoms with van der Waals surface area (Å²) in [7, 11) is 2.04. The molecule has 0 spiro atoms. The van der Waals surface area contributed by atoms with Crippen LogP contribution in [-0.4, -0.2) is 48.1 Å². The van der Waals surface area contributed by atoms with Crippen LogP contribution in [0.4, 0.5) is 0 Å². The summed E-state index contributed by atoms with van der Waals surface area (Å²) < 4.78 is 0. The van der Waals surface area contributed by atoms with Crippen molar-refractivity contribution in [2.75, 3.05) is 20.1 Å². The highest BCUT2D eigenvalue weighted by atomic mass is 16.4. The lowest BCUT2D eigenvalue weighted by molar-refractivity contribution is -0.162. The van der Waals surface area contributed by atoms with Crippen molar-refractivity contribution in [1.82, 2.24) is 10.2 Å². The fourth-order valence-corrected chi connectivity index (χ4v) is 2.28. The number of amides is 1. The number of hydrogen-bond acceptors (Lipinski definition) is 3.